The van der Waals surface area contributed by atoms with Gasteiger partial charge in [0.05, 0.1) is 6.20 Å². The number of rotatable bonds is 3. The lowest BCUT2D eigenvalue weighted by molar-refractivity contribution is 0.0694. The molecule has 0 aliphatic carbocycles. The van der Waals surface area contributed by atoms with Crippen molar-refractivity contribution in [2.24, 2.45) is 0 Å². The third-order valence-corrected chi connectivity index (χ3v) is 2.44. The summed E-state index contributed by atoms with van der Waals surface area (Å²) >= 11 is 1.24. The van der Waals surface area contributed by atoms with Crippen LogP contribution in [0.5, 0.6) is 10.9 Å². The fourth-order valence-electron chi connectivity index (χ4n) is 1.05. The zero-order valence-corrected chi connectivity index (χ0v) is 9.06. The summed E-state index contributed by atoms with van der Waals surface area (Å²) in [4.78, 5) is 14.7. The predicted octanol–water partition coefficient (Wildman–Crippen LogP) is 1.73. The topological polar surface area (TPSA) is 85.2 Å². The predicted molar refractivity (Wildman–Crippen MR) is 55.9 cm³/mol. The van der Waals surface area contributed by atoms with Crippen LogP contribution >= 0.6 is 11.3 Å². The minimum atomic E-state index is -1.07. The van der Waals surface area contributed by atoms with Crippen molar-refractivity contribution in [1.29, 1.82) is 0 Å². The second kappa shape index (κ2) is 4.23. The Kier molecular flexibility index (Phi) is 2.78. The van der Waals surface area contributed by atoms with E-state index in [1.807, 2.05) is 0 Å². The summed E-state index contributed by atoms with van der Waals surface area (Å²) in [5.74, 6) is -0.912. The van der Waals surface area contributed by atoms with Crippen molar-refractivity contribution in [3.63, 3.8) is 0 Å². The van der Waals surface area contributed by atoms with Gasteiger partial charge < -0.3 is 9.84 Å². The maximum atomic E-state index is 10.9. The molecule has 0 saturated carbocycles. The maximum Gasteiger partial charge on any atom is 0.339 e. The molecule has 0 aliphatic rings. The third kappa shape index (κ3) is 2.14. The van der Waals surface area contributed by atoms with Crippen molar-refractivity contribution in [2.45, 2.75) is 6.92 Å². The van der Waals surface area contributed by atoms with E-state index in [9.17, 15) is 4.79 Å². The Hall–Kier alpha value is -2.02. The van der Waals surface area contributed by atoms with E-state index in [4.69, 9.17) is 9.84 Å². The molecule has 0 spiro atoms. The number of carboxylic acids is 1. The summed E-state index contributed by atoms with van der Waals surface area (Å²) in [5, 5.41) is 17.5. The molecule has 0 atom stereocenters. The molecular weight excluding hydrogens is 230 g/mol. The molecule has 1 N–H and O–H groups in total. The van der Waals surface area contributed by atoms with E-state index >= 15 is 0 Å². The van der Waals surface area contributed by atoms with Gasteiger partial charge in [-0.25, -0.2) is 4.79 Å². The van der Waals surface area contributed by atoms with E-state index in [1.165, 1.54) is 29.8 Å². The largest absolute Gasteiger partial charge is 0.478 e. The highest BCUT2D eigenvalue weighted by atomic mass is 32.1. The molecule has 82 valence electrons. The smallest absolute Gasteiger partial charge is 0.339 e. The summed E-state index contributed by atoms with van der Waals surface area (Å²) < 4.78 is 5.29. The van der Waals surface area contributed by atoms with Crippen LogP contribution in [0.15, 0.2) is 18.5 Å². The monoisotopic (exact) mass is 237 g/mol. The zero-order chi connectivity index (χ0) is 11.5. The van der Waals surface area contributed by atoms with Gasteiger partial charge in [0.2, 0.25) is 0 Å². The summed E-state index contributed by atoms with van der Waals surface area (Å²) in [6.45, 7) is 1.78. The third-order valence-electron chi connectivity index (χ3n) is 1.72. The molecular formula is C9H7N3O3S. The van der Waals surface area contributed by atoms with Gasteiger partial charge in [0.15, 0.2) is 5.75 Å². The molecule has 6 nitrogen and oxygen atoms in total. The lowest BCUT2D eigenvalue weighted by Crippen LogP contribution is -2.00. The number of aryl methyl sites for hydroxylation is 1. The Balaban J connectivity index is 2.31. The normalized spacial score (nSPS) is 10.1. The molecule has 0 aliphatic heterocycles. The number of carboxylic acid groups (broad SMARTS) is 1. The van der Waals surface area contributed by atoms with Gasteiger partial charge >= 0.3 is 5.97 Å². The summed E-state index contributed by atoms with van der Waals surface area (Å²) in [7, 11) is 0. The van der Waals surface area contributed by atoms with Gasteiger partial charge in [-0.1, -0.05) is 16.4 Å². The molecule has 0 fully saturated rings. The molecule has 2 aromatic rings. The van der Waals surface area contributed by atoms with Crippen LogP contribution in [0.3, 0.4) is 0 Å². The zero-order valence-electron chi connectivity index (χ0n) is 8.25. The van der Waals surface area contributed by atoms with Crippen LogP contribution in [0.1, 0.15) is 15.4 Å². The summed E-state index contributed by atoms with van der Waals surface area (Å²) in [5.41, 5.74) is 0.0443. The molecule has 0 unspecified atom stereocenters. The fraction of sp³-hybridized carbons (Fsp3) is 0.111. The molecule has 0 saturated heterocycles. The van der Waals surface area contributed by atoms with Gasteiger partial charge in [0.25, 0.3) is 5.19 Å². The summed E-state index contributed by atoms with van der Waals surface area (Å²) in [6.07, 6.45) is 2.72. The minimum absolute atomic E-state index is 0.0443. The van der Waals surface area contributed by atoms with Crippen molar-refractivity contribution in [1.82, 2.24) is 15.2 Å². The molecule has 0 amide bonds. The highest BCUT2D eigenvalue weighted by Gasteiger charge is 2.13. The number of carbonyl (C=O) groups is 1. The fourth-order valence-corrected chi connectivity index (χ4v) is 1.60. The van der Waals surface area contributed by atoms with Crippen LogP contribution < -0.4 is 4.74 Å². The van der Waals surface area contributed by atoms with Crippen LogP contribution in [0.2, 0.25) is 0 Å². The SMILES string of the molecule is Cc1nnc(Oc2cnccc2C(=O)O)s1. The van der Waals surface area contributed by atoms with E-state index in [0.29, 0.717) is 5.19 Å². The molecule has 0 bridgehead atoms. The Bertz CT molecular complexity index is 526. The lowest BCUT2D eigenvalue weighted by atomic mass is 10.2. The van der Waals surface area contributed by atoms with Crippen LogP contribution in [0, 0.1) is 6.92 Å². The van der Waals surface area contributed by atoms with Crippen LogP contribution in [0.25, 0.3) is 0 Å². The Morgan fingerprint density at radius 2 is 2.31 bits per heavy atom. The Labute approximate surface area is 94.6 Å². The second-order valence-electron chi connectivity index (χ2n) is 2.87. The first-order valence-electron chi connectivity index (χ1n) is 4.32. The van der Waals surface area contributed by atoms with Gasteiger partial charge in [-0.2, -0.15) is 0 Å². The van der Waals surface area contributed by atoms with Crippen molar-refractivity contribution in [3.05, 3.63) is 29.0 Å². The highest BCUT2D eigenvalue weighted by molar-refractivity contribution is 7.13. The van der Waals surface area contributed by atoms with Crippen molar-refractivity contribution in [3.8, 4) is 10.9 Å². The van der Waals surface area contributed by atoms with Crippen molar-refractivity contribution in [2.75, 3.05) is 0 Å². The van der Waals surface area contributed by atoms with Gasteiger partial charge in [-0.15, -0.1) is 5.10 Å². The lowest BCUT2D eigenvalue weighted by Gasteiger charge is -2.03. The number of hydrogen-bond acceptors (Lipinski definition) is 6. The number of aromatic nitrogens is 3. The highest BCUT2D eigenvalue weighted by Crippen LogP contribution is 2.26. The first kappa shape index (κ1) is 10.5. The van der Waals surface area contributed by atoms with Gasteiger partial charge in [-0.05, 0) is 13.0 Å². The maximum absolute atomic E-state index is 10.9. The van der Waals surface area contributed by atoms with E-state index in [2.05, 4.69) is 15.2 Å². The quantitative estimate of drug-likeness (QED) is 0.874. The number of aromatic carboxylic acids is 1. The standard InChI is InChI=1S/C9H7N3O3S/c1-5-11-12-9(16-5)15-7-4-10-3-2-6(7)8(13)14/h2-4H,1H3,(H,13,14). The van der Waals surface area contributed by atoms with Gasteiger partial charge in [-0.3, -0.25) is 4.98 Å². The van der Waals surface area contributed by atoms with E-state index < -0.39 is 5.97 Å². The van der Waals surface area contributed by atoms with E-state index in [-0.39, 0.29) is 11.3 Å². The number of pyridine rings is 1. The molecule has 7 heteroatoms. The number of hydrogen-bond donors (Lipinski definition) is 1. The van der Waals surface area contributed by atoms with Crippen molar-refractivity contribution >= 4 is 17.3 Å². The molecule has 2 rings (SSSR count). The molecule has 0 aromatic carbocycles. The van der Waals surface area contributed by atoms with Crippen LogP contribution in [0.4, 0.5) is 0 Å². The number of ether oxygens (including phenoxy) is 1. The average Bonchev–Trinajstić information content (AvgIpc) is 2.64. The molecule has 2 heterocycles. The second-order valence-corrected chi connectivity index (χ2v) is 4.01. The van der Waals surface area contributed by atoms with Crippen molar-refractivity contribution < 1.29 is 14.6 Å². The Morgan fingerprint density at radius 1 is 1.50 bits per heavy atom. The molecule has 2 aromatic heterocycles. The first-order valence-corrected chi connectivity index (χ1v) is 5.14. The van der Waals surface area contributed by atoms with Crippen LogP contribution in [-0.4, -0.2) is 26.3 Å². The molecule has 0 radical (unpaired) electrons. The summed E-state index contributed by atoms with van der Waals surface area (Å²) in [6, 6.07) is 1.37. The van der Waals surface area contributed by atoms with Gasteiger partial charge in [0, 0.05) is 6.20 Å². The minimum Gasteiger partial charge on any atom is -0.478 e. The average molecular weight is 237 g/mol. The van der Waals surface area contributed by atoms with Gasteiger partial charge in [0.1, 0.15) is 10.6 Å². The first-order chi connectivity index (χ1) is 7.66. The Morgan fingerprint density at radius 3 is 2.94 bits per heavy atom. The number of nitrogens with zero attached hydrogens (tertiary/aromatic N) is 3. The van der Waals surface area contributed by atoms with Crippen LogP contribution in [-0.2, 0) is 0 Å². The molecule has 16 heavy (non-hydrogen) atoms. The van der Waals surface area contributed by atoms with E-state index in [0.717, 1.165) is 5.01 Å². The van der Waals surface area contributed by atoms with E-state index in [1.54, 1.807) is 6.92 Å².